The lowest BCUT2D eigenvalue weighted by Crippen LogP contribution is -2.29. The number of nitrogens with zero attached hydrogens (tertiary/aromatic N) is 1. The Morgan fingerprint density at radius 1 is 1.18 bits per heavy atom. The van der Waals surface area contributed by atoms with Crippen LogP contribution in [0.25, 0.3) is 0 Å². The van der Waals surface area contributed by atoms with Crippen molar-refractivity contribution < 1.29 is 23.5 Å². The van der Waals surface area contributed by atoms with Gasteiger partial charge in [-0.05, 0) is 37.3 Å². The highest BCUT2D eigenvalue weighted by atomic mass is 32.2. The molecule has 3 rings (SSSR count). The summed E-state index contributed by atoms with van der Waals surface area (Å²) in [6, 6.07) is 14.9. The van der Waals surface area contributed by atoms with Gasteiger partial charge in [-0.3, -0.25) is 4.79 Å². The van der Waals surface area contributed by atoms with Crippen LogP contribution in [0.15, 0.2) is 70.4 Å². The lowest BCUT2D eigenvalue weighted by molar-refractivity contribution is -0.136. The molecule has 9 heteroatoms. The molecule has 2 N–H and O–H groups in total. The van der Waals surface area contributed by atoms with Gasteiger partial charge in [0.1, 0.15) is 11.6 Å². The average Bonchev–Trinajstić information content (AvgIpc) is 2.82. The number of carbonyl (C=O) groups excluding carboxylic acids is 2. The molecule has 0 fully saturated rings. The van der Waals surface area contributed by atoms with Crippen molar-refractivity contribution in [2.45, 2.75) is 12.8 Å². The zero-order valence-corrected chi connectivity index (χ0v) is 19.1. The highest BCUT2D eigenvalue weighted by molar-refractivity contribution is 8.03. The van der Waals surface area contributed by atoms with E-state index in [2.05, 4.69) is 16.7 Å². The molecule has 0 bridgehead atoms. The van der Waals surface area contributed by atoms with E-state index in [1.165, 1.54) is 25.3 Å². The molecule has 0 radical (unpaired) electrons. The summed E-state index contributed by atoms with van der Waals surface area (Å²) in [6.45, 7) is 1.65. The molecular weight excluding hydrogens is 445 g/mol. The smallest absolute Gasteiger partial charge is 0.336 e. The molecule has 0 aromatic heterocycles. The Hall–Kier alpha value is -3.77. The van der Waals surface area contributed by atoms with E-state index in [-0.39, 0.29) is 28.4 Å². The van der Waals surface area contributed by atoms with Crippen LogP contribution in [0, 0.1) is 17.1 Å². The molecule has 2 aromatic rings. The second-order valence-electron chi connectivity index (χ2n) is 7.03. The van der Waals surface area contributed by atoms with Gasteiger partial charge in [-0.2, -0.15) is 5.26 Å². The van der Waals surface area contributed by atoms with Gasteiger partial charge in [-0.25, -0.2) is 9.18 Å². The number of amides is 1. The number of esters is 1. The number of ether oxygens (including phenoxy) is 2. The summed E-state index contributed by atoms with van der Waals surface area (Å²) in [7, 11) is 2.78. The van der Waals surface area contributed by atoms with Crippen LogP contribution in [-0.2, 0) is 14.3 Å². The lowest BCUT2D eigenvalue weighted by Gasteiger charge is -2.29. The van der Waals surface area contributed by atoms with Crippen LogP contribution in [-0.4, -0.2) is 31.8 Å². The third-order valence-corrected chi connectivity index (χ3v) is 6.01. The molecule has 1 amide bonds. The van der Waals surface area contributed by atoms with Crippen molar-refractivity contribution in [1.29, 1.82) is 5.26 Å². The number of dihydropyridines is 1. The first-order valence-corrected chi connectivity index (χ1v) is 10.9. The second-order valence-corrected chi connectivity index (χ2v) is 8.02. The minimum atomic E-state index is -0.961. The molecule has 1 aliphatic rings. The number of hydrogen-bond donors (Lipinski definition) is 2. The lowest BCUT2D eigenvalue weighted by atomic mass is 9.82. The molecule has 0 saturated heterocycles. The number of hydrogen-bond acceptors (Lipinski definition) is 7. The van der Waals surface area contributed by atoms with Crippen LogP contribution < -0.4 is 15.4 Å². The number of anilines is 1. The van der Waals surface area contributed by atoms with Gasteiger partial charge in [0.15, 0.2) is 0 Å². The van der Waals surface area contributed by atoms with Gasteiger partial charge in [0, 0.05) is 16.9 Å². The number of nitrogens with one attached hydrogen (secondary N) is 2. The van der Waals surface area contributed by atoms with Crippen LogP contribution in [0.2, 0.25) is 0 Å². The summed E-state index contributed by atoms with van der Waals surface area (Å²) < 4.78 is 24.7. The highest BCUT2D eigenvalue weighted by Crippen LogP contribution is 2.41. The fraction of sp³-hybridized carbons (Fsp3) is 0.208. The molecule has 7 nitrogen and oxygen atoms in total. The van der Waals surface area contributed by atoms with Crippen molar-refractivity contribution in [3.63, 3.8) is 0 Å². The van der Waals surface area contributed by atoms with Crippen molar-refractivity contribution in [1.82, 2.24) is 5.32 Å². The van der Waals surface area contributed by atoms with Crippen LogP contribution >= 0.6 is 11.8 Å². The van der Waals surface area contributed by atoms with Gasteiger partial charge < -0.3 is 20.1 Å². The van der Waals surface area contributed by atoms with Crippen LogP contribution in [0.5, 0.6) is 5.75 Å². The van der Waals surface area contributed by atoms with E-state index < -0.39 is 17.7 Å². The fourth-order valence-electron chi connectivity index (χ4n) is 3.44. The molecule has 33 heavy (non-hydrogen) atoms. The molecule has 1 unspecified atom stereocenters. The first-order chi connectivity index (χ1) is 15.9. The Morgan fingerprint density at radius 2 is 1.88 bits per heavy atom. The third-order valence-electron chi connectivity index (χ3n) is 4.99. The van der Waals surface area contributed by atoms with E-state index >= 15 is 0 Å². The van der Waals surface area contributed by atoms with Crippen molar-refractivity contribution in [3.8, 4) is 11.8 Å². The van der Waals surface area contributed by atoms with Gasteiger partial charge in [-0.1, -0.05) is 30.0 Å². The number of carbonyl (C=O) groups is 2. The van der Waals surface area contributed by atoms with Gasteiger partial charge >= 0.3 is 5.97 Å². The van der Waals surface area contributed by atoms with Crippen molar-refractivity contribution in [3.05, 3.63) is 81.8 Å². The first kappa shape index (κ1) is 23.9. The predicted octanol–water partition coefficient (Wildman–Crippen LogP) is 4.08. The van der Waals surface area contributed by atoms with E-state index in [4.69, 9.17) is 9.47 Å². The van der Waals surface area contributed by atoms with Gasteiger partial charge in [0.05, 0.1) is 48.1 Å². The number of thioether (sulfide) groups is 1. The molecule has 0 aliphatic carbocycles. The van der Waals surface area contributed by atoms with Crippen molar-refractivity contribution in [2.24, 2.45) is 0 Å². The van der Waals surface area contributed by atoms with Gasteiger partial charge in [-0.15, -0.1) is 0 Å². The summed E-state index contributed by atoms with van der Waals surface area (Å²) in [4.78, 5) is 25.0. The van der Waals surface area contributed by atoms with Crippen LogP contribution in [0.1, 0.15) is 18.4 Å². The maximum Gasteiger partial charge on any atom is 0.336 e. The van der Waals surface area contributed by atoms with Gasteiger partial charge in [0.2, 0.25) is 5.91 Å². The maximum absolute atomic E-state index is 14.7. The van der Waals surface area contributed by atoms with E-state index in [1.54, 1.807) is 44.4 Å². The van der Waals surface area contributed by atoms with Crippen LogP contribution in [0.4, 0.5) is 10.1 Å². The molecule has 1 heterocycles. The molecule has 2 aromatic carbocycles. The average molecular weight is 468 g/mol. The Morgan fingerprint density at radius 3 is 2.48 bits per heavy atom. The monoisotopic (exact) mass is 467 g/mol. The largest absolute Gasteiger partial charge is 0.497 e. The zero-order valence-electron chi connectivity index (χ0n) is 18.3. The zero-order chi connectivity index (χ0) is 24.0. The normalized spacial score (nSPS) is 15.4. The summed E-state index contributed by atoms with van der Waals surface area (Å²) in [6.07, 6.45) is 0. The Labute approximate surface area is 195 Å². The minimum Gasteiger partial charge on any atom is -0.497 e. The number of methoxy groups -OCH3 is 2. The summed E-state index contributed by atoms with van der Waals surface area (Å²) in [5.74, 6) is -1.81. The summed E-state index contributed by atoms with van der Waals surface area (Å²) >= 11 is 1.09. The molecule has 170 valence electrons. The minimum absolute atomic E-state index is 0.00955. The number of benzene rings is 2. The molecule has 0 spiro atoms. The van der Waals surface area contributed by atoms with Gasteiger partial charge in [0.25, 0.3) is 0 Å². The molecule has 0 saturated carbocycles. The standard InChI is InChI=1S/C24H22FN3O4S/c1-14-21(24(30)32-3)22(17-6-4-5-7-19(17)25)18(12-26)23(27-14)33-13-20(29)28-15-8-10-16(31-2)11-9-15/h4-11,22,27H,13H2,1-3H3,(H,28,29). The maximum atomic E-state index is 14.7. The van der Waals surface area contributed by atoms with E-state index in [1.807, 2.05) is 0 Å². The first-order valence-electron chi connectivity index (χ1n) is 9.91. The molecular formula is C24H22FN3O4S. The Kier molecular flexibility index (Phi) is 7.74. The summed E-state index contributed by atoms with van der Waals surface area (Å²) in [5, 5.41) is 16.1. The third kappa shape index (κ3) is 5.35. The predicted molar refractivity (Wildman–Crippen MR) is 124 cm³/mol. The van der Waals surface area contributed by atoms with E-state index in [9.17, 15) is 19.2 Å². The number of nitriles is 1. The topological polar surface area (TPSA) is 100 Å². The fourth-order valence-corrected chi connectivity index (χ4v) is 4.33. The van der Waals surface area contributed by atoms with E-state index in [0.717, 1.165) is 11.8 Å². The summed E-state index contributed by atoms with van der Waals surface area (Å²) in [5.41, 5.74) is 1.48. The number of rotatable bonds is 7. The highest BCUT2D eigenvalue weighted by Gasteiger charge is 2.36. The van der Waals surface area contributed by atoms with Crippen LogP contribution in [0.3, 0.4) is 0 Å². The quantitative estimate of drug-likeness (QED) is 0.592. The molecule has 1 atom stereocenters. The Balaban J connectivity index is 1.87. The number of halogens is 1. The molecule has 1 aliphatic heterocycles. The van der Waals surface area contributed by atoms with Crippen molar-refractivity contribution >= 4 is 29.3 Å². The Bertz CT molecular complexity index is 1170. The van der Waals surface area contributed by atoms with Crippen molar-refractivity contribution in [2.75, 3.05) is 25.3 Å². The van der Waals surface area contributed by atoms with E-state index in [0.29, 0.717) is 22.2 Å². The SMILES string of the molecule is COC(=O)C1=C(C)NC(SCC(=O)Nc2ccc(OC)cc2)=C(C#N)C1c1ccccc1F. The second kappa shape index (κ2) is 10.7. The number of allylic oxidation sites excluding steroid dienone is 2.